The molecule has 2 heterocycles. The highest BCUT2D eigenvalue weighted by atomic mass is 16.7. The molecule has 1 unspecified atom stereocenters. The number of pyridine rings is 1. The lowest BCUT2D eigenvalue weighted by Crippen LogP contribution is -2.58. The number of hydroxylamine groups is 2. The van der Waals surface area contributed by atoms with Gasteiger partial charge < -0.3 is 0 Å². The first-order valence-electron chi connectivity index (χ1n) is 12.8. The molecule has 1 aromatic heterocycles. The molecule has 3 nitrogen and oxygen atoms in total. The van der Waals surface area contributed by atoms with Crippen LogP contribution in [-0.2, 0) is 4.84 Å². The molecule has 1 saturated heterocycles. The highest BCUT2D eigenvalue weighted by Crippen LogP contribution is 2.43. The van der Waals surface area contributed by atoms with E-state index in [1.165, 1.54) is 22.9 Å². The maximum Gasteiger partial charge on any atom is 0.119 e. The molecule has 1 fully saturated rings. The summed E-state index contributed by atoms with van der Waals surface area (Å²) in [6.45, 7) is 11.3. The molecular weight excluding hydrogens is 428 g/mol. The van der Waals surface area contributed by atoms with E-state index in [0.29, 0.717) is 0 Å². The number of piperidine rings is 1. The Labute approximate surface area is 209 Å². The van der Waals surface area contributed by atoms with Gasteiger partial charge in [0.05, 0.1) is 11.4 Å². The van der Waals surface area contributed by atoms with Crippen LogP contribution in [0, 0.1) is 0 Å². The summed E-state index contributed by atoms with van der Waals surface area (Å²) in [4.78, 5) is 12.2. The Morgan fingerprint density at radius 2 is 1.23 bits per heavy atom. The normalized spacial score (nSPS) is 18.4. The Morgan fingerprint density at radius 3 is 1.83 bits per heavy atom. The third-order valence-corrected chi connectivity index (χ3v) is 7.38. The molecule has 0 saturated carbocycles. The van der Waals surface area contributed by atoms with Crippen molar-refractivity contribution in [2.24, 2.45) is 0 Å². The zero-order valence-electron chi connectivity index (χ0n) is 21.6. The molecule has 0 N–H and O–H groups in total. The van der Waals surface area contributed by atoms with E-state index in [9.17, 15) is 0 Å². The quantitative estimate of drug-likeness (QED) is 0.296. The number of hydrogen-bond donors (Lipinski definition) is 0. The van der Waals surface area contributed by atoms with Gasteiger partial charge in [0.1, 0.15) is 6.10 Å². The van der Waals surface area contributed by atoms with Gasteiger partial charge in [-0.05, 0) is 64.8 Å². The molecule has 1 atom stereocenters. The summed E-state index contributed by atoms with van der Waals surface area (Å²) in [6, 6.07) is 29.8. The SMILES string of the molecule is CC(ON1C(C)(C)CCCC1(C)C)c1nc(-c2ccccc2)c(-c2ccccc2)c2ccccc12. The van der Waals surface area contributed by atoms with Crippen LogP contribution in [0.1, 0.15) is 65.7 Å². The molecule has 0 bridgehead atoms. The van der Waals surface area contributed by atoms with Crippen LogP contribution in [0.15, 0.2) is 84.9 Å². The summed E-state index contributed by atoms with van der Waals surface area (Å²) in [5, 5.41) is 4.60. The van der Waals surface area contributed by atoms with E-state index in [-0.39, 0.29) is 17.2 Å². The molecule has 0 amide bonds. The van der Waals surface area contributed by atoms with Gasteiger partial charge in [-0.15, -0.1) is 0 Å². The summed E-state index contributed by atoms with van der Waals surface area (Å²) in [7, 11) is 0. The third kappa shape index (κ3) is 4.51. The summed E-state index contributed by atoms with van der Waals surface area (Å²) < 4.78 is 0. The Kier molecular flexibility index (Phi) is 6.25. The van der Waals surface area contributed by atoms with Gasteiger partial charge in [-0.2, -0.15) is 5.06 Å². The van der Waals surface area contributed by atoms with Crippen molar-refractivity contribution in [3.63, 3.8) is 0 Å². The first-order chi connectivity index (χ1) is 16.8. The van der Waals surface area contributed by atoms with Crippen molar-refractivity contribution in [3.8, 4) is 22.4 Å². The van der Waals surface area contributed by atoms with Crippen molar-refractivity contribution < 1.29 is 4.84 Å². The van der Waals surface area contributed by atoms with Crippen LogP contribution >= 0.6 is 0 Å². The minimum Gasteiger partial charge on any atom is -0.289 e. The van der Waals surface area contributed by atoms with Gasteiger partial charge in [-0.3, -0.25) is 4.84 Å². The van der Waals surface area contributed by atoms with Crippen molar-refractivity contribution in [1.29, 1.82) is 0 Å². The van der Waals surface area contributed by atoms with Gasteiger partial charge >= 0.3 is 0 Å². The minimum atomic E-state index is -0.191. The summed E-state index contributed by atoms with van der Waals surface area (Å²) >= 11 is 0. The second-order valence-electron chi connectivity index (χ2n) is 11.0. The molecular formula is C32H36N2O. The van der Waals surface area contributed by atoms with Crippen LogP contribution in [0.2, 0.25) is 0 Å². The van der Waals surface area contributed by atoms with Crippen molar-refractivity contribution in [1.82, 2.24) is 10.0 Å². The van der Waals surface area contributed by atoms with Crippen LogP contribution in [0.25, 0.3) is 33.2 Å². The fourth-order valence-electron chi connectivity index (χ4n) is 5.77. The monoisotopic (exact) mass is 464 g/mol. The van der Waals surface area contributed by atoms with E-state index in [1.807, 2.05) is 0 Å². The standard InChI is InChI=1S/C32H36N2O/c1-23(35-34-31(2,3)21-14-22-32(34,4)5)29-27-20-13-12-19-26(27)28(24-15-8-6-9-16-24)30(33-29)25-17-10-7-11-18-25/h6-13,15-20,23H,14,21-22H2,1-5H3. The molecule has 0 radical (unpaired) electrons. The van der Waals surface area contributed by atoms with Gasteiger partial charge in [0.2, 0.25) is 0 Å². The Hall–Kier alpha value is -3.01. The topological polar surface area (TPSA) is 25.4 Å². The van der Waals surface area contributed by atoms with E-state index < -0.39 is 0 Å². The molecule has 180 valence electrons. The van der Waals surface area contributed by atoms with Crippen LogP contribution in [-0.4, -0.2) is 21.1 Å². The average Bonchev–Trinajstić information content (AvgIpc) is 2.86. The minimum absolute atomic E-state index is 0.0297. The maximum absolute atomic E-state index is 6.82. The number of benzene rings is 3. The second-order valence-corrected chi connectivity index (χ2v) is 11.0. The van der Waals surface area contributed by atoms with Gasteiger partial charge in [-0.25, -0.2) is 4.98 Å². The fraction of sp³-hybridized carbons (Fsp3) is 0.344. The van der Waals surface area contributed by atoms with E-state index >= 15 is 0 Å². The number of fused-ring (bicyclic) bond motifs is 1. The van der Waals surface area contributed by atoms with Crippen LogP contribution in [0.3, 0.4) is 0 Å². The number of nitrogens with zero attached hydrogens (tertiary/aromatic N) is 2. The van der Waals surface area contributed by atoms with Crippen LogP contribution in [0.4, 0.5) is 0 Å². The van der Waals surface area contributed by atoms with E-state index in [4.69, 9.17) is 9.82 Å². The predicted octanol–water partition coefficient (Wildman–Crippen LogP) is 8.60. The zero-order chi connectivity index (χ0) is 24.6. The van der Waals surface area contributed by atoms with Crippen molar-refractivity contribution in [2.75, 3.05) is 0 Å². The Bertz CT molecular complexity index is 1300. The average molecular weight is 465 g/mol. The molecule has 1 aliphatic heterocycles. The summed E-state index contributed by atoms with van der Waals surface area (Å²) in [6.07, 6.45) is 3.28. The smallest absolute Gasteiger partial charge is 0.119 e. The third-order valence-electron chi connectivity index (χ3n) is 7.38. The van der Waals surface area contributed by atoms with E-state index in [0.717, 1.165) is 35.2 Å². The zero-order valence-corrected chi connectivity index (χ0v) is 21.6. The van der Waals surface area contributed by atoms with E-state index in [1.54, 1.807) is 0 Å². The van der Waals surface area contributed by atoms with Crippen LogP contribution < -0.4 is 0 Å². The molecule has 3 aromatic carbocycles. The summed E-state index contributed by atoms with van der Waals surface area (Å²) in [5.74, 6) is 0. The van der Waals surface area contributed by atoms with Gasteiger partial charge in [0.15, 0.2) is 0 Å². The number of aromatic nitrogens is 1. The predicted molar refractivity (Wildman–Crippen MR) is 146 cm³/mol. The highest BCUT2D eigenvalue weighted by Gasteiger charge is 2.43. The van der Waals surface area contributed by atoms with Gasteiger partial charge in [0.25, 0.3) is 0 Å². The Balaban J connectivity index is 1.70. The lowest BCUT2D eigenvalue weighted by molar-refractivity contribution is -0.304. The lowest BCUT2D eigenvalue weighted by atomic mass is 9.82. The first-order valence-corrected chi connectivity index (χ1v) is 12.8. The van der Waals surface area contributed by atoms with Crippen molar-refractivity contribution in [3.05, 3.63) is 90.6 Å². The molecule has 35 heavy (non-hydrogen) atoms. The molecule has 1 aliphatic rings. The molecule has 3 heteroatoms. The lowest BCUT2D eigenvalue weighted by Gasteiger charge is -2.52. The highest BCUT2D eigenvalue weighted by molar-refractivity contribution is 6.03. The first kappa shape index (κ1) is 23.7. The molecule has 5 rings (SSSR count). The van der Waals surface area contributed by atoms with Crippen molar-refractivity contribution in [2.45, 2.75) is 71.1 Å². The second kappa shape index (κ2) is 9.22. The van der Waals surface area contributed by atoms with Gasteiger partial charge in [0, 0.05) is 27.6 Å². The number of hydrogen-bond acceptors (Lipinski definition) is 3. The molecule has 4 aromatic rings. The van der Waals surface area contributed by atoms with E-state index in [2.05, 4.69) is 125 Å². The van der Waals surface area contributed by atoms with Crippen LogP contribution in [0.5, 0.6) is 0 Å². The maximum atomic E-state index is 6.82. The Morgan fingerprint density at radius 1 is 0.714 bits per heavy atom. The van der Waals surface area contributed by atoms with Gasteiger partial charge in [-0.1, -0.05) is 84.9 Å². The largest absolute Gasteiger partial charge is 0.289 e. The fourth-order valence-corrected chi connectivity index (χ4v) is 5.77. The molecule has 0 aliphatic carbocycles. The summed E-state index contributed by atoms with van der Waals surface area (Å²) in [5.41, 5.74) is 5.38. The number of rotatable bonds is 5. The molecule has 0 spiro atoms. The van der Waals surface area contributed by atoms with Crippen molar-refractivity contribution >= 4 is 10.8 Å².